The molecule has 0 aromatic heterocycles. The molecule has 0 radical (unpaired) electrons. The van der Waals surface area contributed by atoms with Gasteiger partial charge >= 0.3 is 0 Å². The Morgan fingerprint density at radius 3 is 2.47 bits per heavy atom. The Balaban J connectivity index is 2.31. The van der Waals surface area contributed by atoms with Crippen LogP contribution in [0, 0.1) is 17.0 Å². The Morgan fingerprint density at radius 1 is 1.16 bits per heavy atom. The maximum absolute atomic E-state index is 12.1. The molecule has 0 atom stereocenters. The molecule has 0 amide bonds. The number of nitrogens with zero attached hydrogens (tertiary/aromatic N) is 1. The van der Waals surface area contributed by atoms with Gasteiger partial charge in [-0.3, -0.25) is 14.9 Å². The van der Waals surface area contributed by atoms with E-state index in [0.29, 0.717) is 11.1 Å². The highest BCUT2D eigenvalue weighted by Crippen LogP contribution is 2.21. The summed E-state index contributed by atoms with van der Waals surface area (Å²) in [6, 6.07) is 13.6. The Hall–Kier alpha value is -2.49. The first-order chi connectivity index (χ1) is 9.08. The minimum absolute atomic E-state index is 0.00474. The second-order valence-electron chi connectivity index (χ2n) is 4.36. The first kappa shape index (κ1) is 13.0. The maximum Gasteiger partial charge on any atom is 0.273 e. The molecule has 0 unspecified atom stereocenters. The van der Waals surface area contributed by atoms with Crippen molar-refractivity contribution in [3.8, 4) is 0 Å². The second-order valence-corrected chi connectivity index (χ2v) is 4.36. The van der Waals surface area contributed by atoms with Crippen LogP contribution in [-0.2, 0) is 6.42 Å². The van der Waals surface area contributed by atoms with Gasteiger partial charge in [0.2, 0.25) is 0 Å². The van der Waals surface area contributed by atoms with E-state index in [4.69, 9.17) is 0 Å². The van der Waals surface area contributed by atoms with Crippen molar-refractivity contribution in [3.05, 3.63) is 75.3 Å². The topological polar surface area (TPSA) is 60.2 Å². The van der Waals surface area contributed by atoms with Crippen LogP contribution in [0.2, 0.25) is 0 Å². The molecule has 2 aromatic rings. The van der Waals surface area contributed by atoms with Crippen molar-refractivity contribution in [1.29, 1.82) is 0 Å². The van der Waals surface area contributed by atoms with E-state index in [9.17, 15) is 14.9 Å². The monoisotopic (exact) mass is 255 g/mol. The van der Waals surface area contributed by atoms with Crippen molar-refractivity contribution in [2.75, 3.05) is 0 Å². The zero-order chi connectivity index (χ0) is 13.8. The standard InChI is InChI=1S/C15H13NO3/c1-11-7-8-14(16(18)19)13(9-11)10-15(17)12-5-3-2-4-6-12/h2-9H,10H2,1H3. The summed E-state index contributed by atoms with van der Waals surface area (Å²) in [5.74, 6) is -0.116. The Morgan fingerprint density at radius 2 is 1.84 bits per heavy atom. The lowest BCUT2D eigenvalue weighted by atomic mass is 10.0. The van der Waals surface area contributed by atoms with E-state index in [0.717, 1.165) is 5.56 Å². The molecule has 0 saturated carbocycles. The molecule has 2 rings (SSSR count). The molecular formula is C15H13NO3. The van der Waals surface area contributed by atoms with Crippen LogP contribution in [0.3, 0.4) is 0 Å². The van der Waals surface area contributed by atoms with Gasteiger partial charge in [0.05, 0.1) is 4.92 Å². The lowest BCUT2D eigenvalue weighted by molar-refractivity contribution is -0.385. The summed E-state index contributed by atoms with van der Waals surface area (Å²) < 4.78 is 0. The molecule has 0 spiro atoms. The molecule has 19 heavy (non-hydrogen) atoms. The normalized spacial score (nSPS) is 10.2. The molecule has 96 valence electrons. The number of carbonyl (C=O) groups is 1. The van der Waals surface area contributed by atoms with Crippen molar-refractivity contribution in [3.63, 3.8) is 0 Å². The highest BCUT2D eigenvalue weighted by Gasteiger charge is 2.17. The third kappa shape index (κ3) is 3.04. The number of nitro benzene ring substituents is 1. The van der Waals surface area contributed by atoms with Crippen LogP contribution in [0.4, 0.5) is 5.69 Å². The summed E-state index contributed by atoms with van der Waals surface area (Å²) in [5, 5.41) is 10.9. The fraction of sp³-hybridized carbons (Fsp3) is 0.133. The van der Waals surface area contributed by atoms with E-state index < -0.39 is 4.92 Å². The molecule has 0 aliphatic heterocycles. The highest BCUT2D eigenvalue weighted by atomic mass is 16.6. The molecule has 0 N–H and O–H groups in total. The number of aryl methyl sites for hydroxylation is 1. The molecule has 0 fully saturated rings. The predicted octanol–water partition coefficient (Wildman–Crippen LogP) is 3.33. The molecule has 2 aromatic carbocycles. The van der Waals surface area contributed by atoms with Crippen LogP contribution in [-0.4, -0.2) is 10.7 Å². The van der Waals surface area contributed by atoms with Crippen molar-refractivity contribution >= 4 is 11.5 Å². The van der Waals surface area contributed by atoms with Crippen LogP contribution in [0.25, 0.3) is 0 Å². The maximum atomic E-state index is 12.1. The summed E-state index contributed by atoms with van der Waals surface area (Å²) in [4.78, 5) is 22.6. The van der Waals surface area contributed by atoms with Gasteiger partial charge in [-0.05, 0) is 13.0 Å². The lowest BCUT2D eigenvalue weighted by Gasteiger charge is -2.04. The van der Waals surface area contributed by atoms with E-state index >= 15 is 0 Å². The third-order valence-electron chi connectivity index (χ3n) is 2.88. The number of ketones is 1. The van der Waals surface area contributed by atoms with Gasteiger partial charge in [-0.25, -0.2) is 0 Å². The van der Waals surface area contributed by atoms with E-state index in [2.05, 4.69) is 0 Å². The highest BCUT2D eigenvalue weighted by molar-refractivity contribution is 5.97. The number of nitro groups is 1. The van der Waals surface area contributed by atoms with Crippen molar-refractivity contribution in [2.45, 2.75) is 13.3 Å². The van der Waals surface area contributed by atoms with Gasteiger partial charge in [0, 0.05) is 23.6 Å². The minimum atomic E-state index is -0.451. The number of carbonyl (C=O) groups excluding carboxylic acids is 1. The fourth-order valence-corrected chi connectivity index (χ4v) is 1.93. The smallest absolute Gasteiger partial charge is 0.273 e. The average molecular weight is 255 g/mol. The van der Waals surface area contributed by atoms with Gasteiger partial charge < -0.3 is 0 Å². The Bertz CT molecular complexity index is 621. The molecule has 4 heteroatoms. The zero-order valence-electron chi connectivity index (χ0n) is 10.5. The van der Waals surface area contributed by atoms with Crippen molar-refractivity contribution < 1.29 is 9.72 Å². The van der Waals surface area contributed by atoms with Gasteiger partial charge in [0.15, 0.2) is 5.78 Å². The first-order valence-electron chi connectivity index (χ1n) is 5.90. The largest absolute Gasteiger partial charge is 0.294 e. The average Bonchev–Trinajstić information content (AvgIpc) is 2.39. The summed E-state index contributed by atoms with van der Waals surface area (Å²) in [7, 11) is 0. The number of Topliss-reactive ketones (excluding diaryl/α,β-unsaturated/α-hetero) is 1. The van der Waals surface area contributed by atoms with Gasteiger partial charge in [0.1, 0.15) is 0 Å². The molecule has 0 saturated heterocycles. The molecule has 0 aliphatic rings. The summed E-state index contributed by atoms with van der Waals surface area (Å²) in [5.41, 5.74) is 1.92. The lowest BCUT2D eigenvalue weighted by Crippen LogP contribution is -2.06. The number of benzene rings is 2. The molecule has 4 nitrogen and oxygen atoms in total. The second kappa shape index (κ2) is 5.44. The quantitative estimate of drug-likeness (QED) is 0.478. The van der Waals surface area contributed by atoms with Gasteiger partial charge in [-0.1, -0.05) is 42.0 Å². The first-order valence-corrected chi connectivity index (χ1v) is 5.90. The third-order valence-corrected chi connectivity index (χ3v) is 2.88. The number of hydrogen-bond acceptors (Lipinski definition) is 3. The number of rotatable bonds is 4. The van der Waals surface area contributed by atoms with Crippen molar-refractivity contribution in [2.24, 2.45) is 0 Å². The molecular weight excluding hydrogens is 242 g/mol. The Kier molecular flexibility index (Phi) is 3.71. The SMILES string of the molecule is Cc1ccc([N+](=O)[O-])c(CC(=O)c2ccccc2)c1. The van der Waals surface area contributed by atoms with E-state index in [1.807, 2.05) is 13.0 Å². The summed E-state index contributed by atoms with van der Waals surface area (Å²) in [6.45, 7) is 1.85. The molecule has 0 heterocycles. The minimum Gasteiger partial charge on any atom is -0.294 e. The van der Waals surface area contributed by atoms with Gasteiger partial charge in [-0.2, -0.15) is 0 Å². The fourth-order valence-electron chi connectivity index (χ4n) is 1.93. The summed E-state index contributed by atoms with van der Waals surface area (Å²) in [6.07, 6.45) is 0.0437. The van der Waals surface area contributed by atoms with E-state index in [1.54, 1.807) is 36.4 Å². The Labute approximate surface area is 110 Å². The zero-order valence-corrected chi connectivity index (χ0v) is 10.5. The predicted molar refractivity (Wildman–Crippen MR) is 72.3 cm³/mol. The van der Waals surface area contributed by atoms with E-state index in [-0.39, 0.29) is 17.9 Å². The van der Waals surface area contributed by atoms with Crippen LogP contribution < -0.4 is 0 Å². The van der Waals surface area contributed by atoms with Crippen LogP contribution in [0.5, 0.6) is 0 Å². The van der Waals surface area contributed by atoms with Crippen molar-refractivity contribution in [1.82, 2.24) is 0 Å². The molecule has 0 bridgehead atoms. The van der Waals surface area contributed by atoms with Crippen LogP contribution >= 0.6 is 0 Å². The van der Waals surface area contributed by atoms with Gasteiger partial charge in [0.25, 0.3) is 5.69 Å². The number of hydrogen-bond donors (Lipinski definition) is 0. The summed E-state index contributed by atoms with van der Waals surface area (Å²) >= 11 is 0. The van der Waals surface area contributed by atoms with Gasteiger partial charge in [-0.15, -0.1) is 0 Å². The van der Waals surface area contributed by atoms with Crippen LogP contribution in [0.15, 0.2) is 48.5 Å². The van der Waals surface area contributed by atoms with Crippen LogP contribution in [0.1, 0.15) is 21.5 Å². The molecule has 0 aliphatic carbocycles. The van der Waals surface area contributed by atoms with E-state index in [1.165, 1.54) is 6.07 Å².